The van der Waals surface area contributed by atoms with Crippen LogP contribution >= 0.6 is 0 Å². The molecule has 0 amide bonds. The fourth-order valence-corrected chi connectivity index (χ4v) is 1.07. The summed E-state index contributed by atoms with van der Waals surface area (Å²) in [7, 11) is 1.65. The first-order chi connectivity index (χ1) is 4.75. The summed E-state index contributed by atoms with van der Waals surface area (Å²) in [4.78, 5) is 0. The molecule has 1 aliphatic rings. The zero-order chi connectivity index (χ0) is 7.61. The van der Waals surface area contributed by atoms with E-state index in [-0.39, 0.29) is 18.1 Å². The maximum absolute atomic E-state index is 8.98. The van der Waals surface area contributed by atoms with Crippen molar-refractivity contribution in [2.24, 2.45) is 5.41 Å². The number of methoxy groups -OCH3 is 1. The van der Waals surface area contributed by atoms with Crippen LogP contribution in [0.4, 0.5) is 0 Å². The first-order valence-corrected chi connectivity index (χ1v) is 3.46. The quantitative estimate of drug-likeness (QED) is 0.610. The molecule has 60 valence electrons. The van der Waals surface area contributed by atoms with Crippen LogP contribution in [0.3, 0.4) is 0 Å². The fraction of sp³-hybridized carbons (Fsp3) is 1.00. The molecule has 0 radical (unpaired) electrons. The van der Waals surface area contributed by atoms with Crippen molar-refractivity contribution >= 4 is 0 Å². The van der Waals surface area contributed by atoms with Crippen LogP contribution in [0.2, 0.25) is 0 Å². The lowest BCUT2D eigenvalue weighted by atomic mass is 9.82. The molecule has 1 unspecified atom stereocenters. The smallest absolute Gasteiger partial charge is 0.0665 e. The predicted octanol–water partition coefficient (Wildman–Crippen LogP) is 0.0302. The number of aliphatic hydroxyl groups is 1. The van der Waals surface area contributed by atoms with Crippen LogP contribution in [0.15, 0.2) is 0 Å². The molecule has 0 bridgehead atoms. The van der Waals surface area contributed by atoms with Crippen molar-refractivity contribution in [1.29, 1.82) is 0 Å². The molecule has 1 atom stereocenters. The molecule has 0 spiro atoms. The van der Waals surface area contributed by atoms with Gasteiger partial charge >= 0.3 is 0 Å². The highest BCUT2D eigenvalue weighted by Gasteiger charge is 2.43. The van der Waals surface area contributed by atoms with Gasteiger partial charge in [-0.25, -0.2) is 0 Å². The molecule has 1 rings (SSSR count). The summed E-state index contributed by atoms with van der Waals surface area (Å²) in [6.07, 6.45) is 0.0891. The Labute approximate surface area is 60.9 Å². The third-order valence-electron chi connectivity index (χ3n) is 2.31. The van der Waals surface area contributed by atoms with Crippen molar-refractivity contribution in [3.05, 3.63) is 0 Å². The molecule has 0 aromatic carbocycles. The van der Waals surface area contributed by atoms with Gasteiger partial charge in [0.05, 0.1) is 31.3 Å². The standard InChI is InChI=1S/C7H14O3/c1-6(9-2)7(3-8)4-10-5-7/h6,8H,3-5H2,1-2H3. The maximum Gasteiger partial charge on any atom is 0.0665 e. The lowest BCUT2D eigenvalue weighted by Crippen LogP contribution is -2.53. The van der Waals surface area contributed by atoms with Crippen LogP contribution in [0.5, 0.6) is 0 Å². The minimum Gasteiger partial charge on any atom is -0.396 e. The van der Waals surface area contributed by atoms with E-state index in [4.69, 9.17) is 14.6 Å². The maximum atomic E-state index is 8.98. The molecule has 0 aromatic rings. The number of hydrogen-bond acceptors (Lipinski definition) is 3. The summed E-state index contributed by atoms with van der Waals surface area (Å²) in [5.41, 5.74) is -0.116. The molecule has 1 fully saturated rings. The minimum absolute atomic E-state index is 0.0891. The van der Waals surface area contributed by atoms with E-state index < -0.39 is 0 Å². The van der Waals surface area contributed by atoms with Crippen LogP contribution in [0.1, 0.15) is 6.92 Å². The second-order valence-electron chi connectivity index (χ2n) is 2.89. The Balaban J connectivity index is 2.46. The van der Waals surface area contributed by atoms with Crippen molar-refractivity contribution in [2.45, 2.75) is 13.0 Å². The van der Waals surface area contributed by atoms with Gasteiger partial charge in [0, 0.05) is 7.11 Å². The van der Waals surface area contributed by atoms with Gasteiger partial charge in [-0.1, -0.05) is 0 Å². The summed E-state index contributed by atoms with van der Waals surface area (Å²) < 4.78 is 10.1. The van der Waals surface area contributed by atoms with Gasteiger partial charge in [0.25, 0.3) is 0 Å². The molecule has 0 aromatic heterocycles. The van der Waals surface area contributed by atoms with E-state index in [1.54, 1.807) is 7.11 Å². The topological polar surface area (TPSA) is 38.7 Å². The van der Waals surface area contributed by atoms with Gasteiger partial charge in [-0.05, 0) is 6.92 Å². The lowest BCUT2D eigenvalue weighted by molar-refractivity contribution is -0.193. The van der Waals surface area contributed by atoms with Crippen molar-refractivity contribution in [3.8, 4) is 0 Å². The molecule has 10 heavy (non-hydrogen) atoms. The van der Waals surface area contributed by atoms with Crippen molar-refractivity contribution in [1.82, 2.24) is 0 Å². The molecular weight excluding hydrogens is 132 g/mol. The molecule has 0 aliphatic carbocycles. The van der Waals surface area contributed by atoms with E-state index in [1.807, 2.05) is 6.92 Å². The molecule has 1 saturated heterocycles. The average Bonchev–Trinajstić information content (AvgIpc) is 1.86. The van der Waals surface area contributed by atoms with Gasteiger partial charge in [-0.2, -0.15) is 0 Å². The third-order valence-corrected chi connectivity index (χ3v) is 2.31. The minimum atomic E-state index is -0.116. The predicted molar refractivity (Wildman–Crippen MR) is 36.8 cm³/mol. The molecule has 1 aliphatic heterocycles. The summed E-state index contributed by atoms with van der Waals surface area (Å²) >= 11 is 0. The first-order valence-electron chi connectivity index (χ1n) is 3.46. The van der Waals surface area contributed by atoms with Crippen LogP contribution < -0.4 is 0 Å². The highest BCUT2D eigenvalue weighted by atomic mass is 16.5. The number of ether oxygens (including phenoxy) is 2. The highest BCUT2D eigenvalue weighted by Crippen LogP contribution is 2.31. The monoisotopic (exact) mass is 146 g/mol. The van der Waals surface area contributed by atoms with Crippen LogP contribution in [-0.4, -0.2) is 38.1 Å². The Morgan fingerprint density at radius 2 is 2.30 bits per heavy atom. The van der Waals surface area contributed by atoms with E-state index >= 15 is 0 Å². The van der Waals surface area contributed by atoms with E-state index in [9.17, 15) is 0 Å². The Kier molecular flexibility index (Phi) is 2.28. The SMILES string of the molecule is COC(C)C1(CO)COC1. The molecule has 3 nitrogen and oxygen atoms in total. The molecule has 3 heteroatoms. The zero-order valence-corrected chi connectivity index (χ0v) is 6.46. The summed E-state index contributed by atoms with van der Waals surface area (Å²) in [6, 6.07) is 0. The Morgan fingerprint density at radius 3 is 2.40 bits per heavy atom. The second-order valence-corrected chi connectivity index (χ2v) is 2.89. The molecule has 1 heterocycles. The van der Waals surface area contributed by atoms with Gasteiger partial charge in [0.1, 0.15) is 0 Å². The third kappa shape index (κ3) is 1.05. The van der Waals surface area contributed by atoms with Crippen LogP contribution in [0.25, 0.3) is 0 Å². The zero-order valence-electron chi connectivity index (χ0n) is 6.46. The van der Waals surface area contributed by atoms with E-state index in [1.165, 1.54) is 0 Å². The number of aliphatic hydroxyl groups excluding tert-OH is 1. The van der Waals surface area contributed by atoms with Crippen molar-refractivity contribution in [3.63, 3.8) is 0 Å². The first kappa shape index (κ1) is 7.98. The Hall–Kier alpha value is -0.120. The Bertz CT molecular complexity index is 104. The largest absolute Gasteiger partial charge is 0.396 e. The van der Waals surface area contributed by atoms with Gasteiger partial charge in [0.2, 0.25) is 0 Å². The average molecular weight is 146 g/mol. The Morgan fingerprint density at radius 1 is 1.70 bits per heavy atom. The van der Waals surface area contributed by atoms with Crippen molar-refractivity contribution in [2.75, 3.05) is 26.9 Å². The van der Waals surface area contributed by atoms with E-state index in [0.717, 1.165) is 0 Å². The van der Waals surface area contributed by atoms with Gasteiger partial charge < -0.3 is 14.6 Å². The van der Waals surface area contributed by atoms with Crippen molar-refractivity contribution < 1.29 is 14.6 Å². The second kappa shape index (κ2) is 2.86. The summed E-state index contributed by atoms with van der Waals surface area (Å²) in [6.45, 7) is 3.36. The van der Waals surface area contributed by atoms with E-state index in [0.29, 0.717) is 13.2 Å². The number of rotatable bonds is 3. The normalized spacial score (nSPS) is 25.5. The lowest BCUT2D eigenvalue weighted by Gasteiger charge is -2.43. The van der Waals surface area contributed by atoms with Gasteiger partial charge in [-0.15, -0.1) is 0 Å². The summed E-state index contributed by atoms with van der Waals surface area (Å²) in [5.74, 6) is 0. The highest BCUT2D eigenvalue weighted by molar-refractivity contribution is 4.90. The van der Waals surface area contributed by atoms with E-state index in [2.05, 4.69) is 0 Å². The van der Waals surface area contributed by atoms with Gasteiger partial charge in [-0.3, -0.25) is 0 Å². The molecule has 0 saturated carbocycles. The van der Waals surface area contributed by atoms with Crippen LogP contribution in [-0.2, 0) is 9.47 Å². The number of hydrogen-bond donors (Lipinski definition) is 1. The summed E-state index contributed by atoms with van der Waals surface area (Å²) in [5, 5.41) is 8.98. The van der Waals surface area contributed by atoms with Crippen LogP contribution in [0, 0.1) is 5.41 Å². The molecular formula is C7H14O3. The van der Waals surface area contributed by atoms with Gasteiger partial charge in [0.15, 0.2) is 0 Å². The fourth-order valence-electron chi connectivity index (χ4n) is 1.07. The molecule has 1 N–H and O–H groups in total.